The van der Waals surface area contributed by atoms with E-state index in [1.54, 1.807) is 7.11 Å². The first-order valence-corrected chi connectivity index (χ1v) is 10.0. The largest absolute Gasteiger partial charge is 0.497 e. The molecule has 0 amide bonds. The van der Waals surface area contributed by atoms with Crippen molar-refractivity contribution in [3.05, 3.63) is 58.6 Å². The molecule has 6 heteroatoms. The maximum absolute atomic E-state index is 6.20. The molecular formula is C21H26ClN3OS. The first-order chi connectivity index (χ1) is 13.1. The minimum Gasteiger partial charge on any atom is -0.497 e. The smallest absolute Gasteiger partial charge is 0.170 e. The van der Waals surface area contributed by atoms with E-state index in [0.717, 1.165) is 41.7 Å². The number of anilines is 1. The number of hydrogen-bond acceptors (Lipinski definition) is 3. The fourth-order valence-electron chi connectivity index (χ4n) is 3.37. The molecule has 1 fully saturated rings. The van der Waals surface area contributed by atoms with Crippen molar-refractivity contribution in [2.24, 2.45) is 0 Å². The molecule has 1 aliphatic heterocycles. The molecule has 1 saturated heterocycles. The Labute approximate surface area is 171 Å². The fraction of sp³-hybridized carbons (Fsp3) is 0.381. The summed E-state index contributed by atoms with van der Waals surface area (Å²) in [6.45, 7) is 4.97. The van der Waals surface area contributed by atoms with Gasteiger partial charge >= 0.3 is 0 Å². The minimum absolute atomic E-state index is 0.278. The molecule has 1 unspecified atom stereocenters. The van der Waals surface area contributed by atoms with Gasteiger partial charge in [0.15, 0.2) is 5.11 Å². The molecule has 1 heterocycles. The van der Waals surface area contributed by atoms with Crippen LogP contribution in [0.15, 0.2) is 42.5 Å². The van der Waals surface area contributed by atoms with Crippen LogP contribution < -0.4 is 15.4 Å². The average Bonchev–Trinajstić information content (AvgIpc) is 3.20. The lowest BCUT2D eigenvalue weighted by Crippen LogP contribution is -2.38. The summed E-state index contributed by atoms with van der Waals surface area (Å²) in [4.78, 5) is 2.51. The second-order valence-electron chi connectivity index (χ2n) is 6.83. The molecule has 2 aromatic carbocycles. The maximum atomic E-state index is 6.20. The van der Waals surface area contributed by atoms with Crippen molar-refractivity contribution in [2.75, 3.05) is 32.1 Å². The Bertz CT molecular complexity index is 775. The topological polar surface area (TPSA) is 36.5 Å². The summed E-state index contributed by atoms with van der Waals surface area (Å²) in [5, 5.41) is 7.93. The number of nitrogens with zero attached hydrogens (tertiary/aromatic N) is 1. The van der Waals surface area contributed by atoms with Crippen molar-refractivity contribution in [1.29, 1.82) is 0 Å². The van der Waals surface area contributed by atoms with E-state index in [1.165, 1.54) is 18.4 Å². The van der Waals surface area contributed by atoms with Gasteiger partial charge in [-0.3, -0.25) is 4.90 Å². The van der Waals surface area contributed by atoms with Gasteiger partial charge in [0.25, 0.3) is 0 Å². The highest BCUT2D eigenvalue weighted by Gasteiger charge is 2.23. The number of benzene rings is 2. The van der Waals surface area contributed by atoms with Crippen molar-refractivity contribution < 1.29 is 4.74 Å². The predicted octanol–water partition coefficient (Wildman–Crippen LogP) is 4.78. The molecule has 27 heavy (non-hydrogen) atoms. The predicted molar refractivity (Wildman–Crippen MR) is 117 cm³/mol. The minimum atomic E-state index is 0.278. The van der Waals surface area contributed by atoms with Crippen molar-refractivity contribution >= 4 is 34.6 Å². The molecular weight excluding hydrogens is 378 g/mol. The third-order valence-corrected chi connectivity index (χ3v) is 5.62. The Morgan fingerprint density at radius 2 is 1.89 bits per heavy atom. The number of halogens is 1. The van der Waals surface area contributed by atoms with Crippen molar-refractivity contribution in [3.8, 4) is 5.75 Å². The van der Waals surface area contributed by atoms with Crippen LogP contribution in [0.2, 0.25) is 5.02 Å². The second-order valence-corrected chi connectivity index (χ2v) is 7.65. The monoisotopic (exact) mass is 403 g/mol. The van der Waals surface area contributed by atoms with Crippen LogP contribution in [0, 0.1) is 6.92 Å². The first kappa shape index (κ1) is 19.9. The molecule has 0 aromatic heterocycles. The third-order valence-electron chi connectivity index (χ3n) is 4.97. The molecule has 2 aromatic rings. The maximum Gasteiger partial charge on any atom is 0.170 e. The lowest BCUT2D eigenvalue weighted by Gasteiger charge is -2.29. The lowest BCUT2D eigenvalue weighted by atomic mass is 10.1. The van der Waals surface area contributed by atoms with E-state index in [9.17, 15) is 0 Å². The molecule has 0 saturated carbocycles. The van der Waals surface area contributed by atoms with Gasteiger partial charge in [-0.05, 0) is 80.5 Å². The molecule has 0 spiro atoms. The van der Waals surface area contributed by atoms with Crippen LogP contribution in [0.4, 0.5) is 5.69 Å². The number of thiocarbonyl (C=S) groups is 1. The van der Waals surface area contributed by atoms with Crippen molar-refractivity contribution in [2.45, 2.75) is 25.8 Å². The average molecular weight is 404 g/mol. The Morgan fingerprint density at radius 3 is 2.52 bits per heavy atom. The van der Waals surface area contributed by atoms with E-state index in [0.29, 0.717) is 5.11 Å². The van der Waals surface area contributed by atoms with Crippen LogP contribution in [-0.2, 0) is 0 Å². The van der Waals surface area contributed by atoms with E-state index < -0.39 is 0 Å². The first-order valence-electron chi connectivity index (χ1n) is 9.26. The Balaban J connectivity index is 1.64. The van der Waals surface area contributed by atoms with E-state index in [4.69, 9.17) is 28.6 Å². The number of likely N-dealkylation sites (tertiary alicyclic amines) is 1. The number of ether oxygens (including phenoxy) is 1. The van der Waals surface area contributed by atoms with E-state index in [1.807, 2.05) is 37.3 Å². The van der Waals surface area contributed by atoms with Gasteiger partial charge < -0.3 is 15.4 Å². The number of hydrogen-bond donors (Lipinski definition) is 2. The number of rotatable bonds is 6. The molecule has 4 nitrogen and oxygen atoms in total. The van der Waals surface area contributed by atoms with Crippen LogP contribution in [0.5, 0.6) is 5.75 Å². The number of methoxy groups -OCH3 is 1. The summed E-state index contributed by atoms with van der Waals surface area (Å²) in [5.41, 5.74) is 3.21. The Morgan fingerprint density at radius 1 is 1.19 bits per heavy atom. The third kappa shape index (κ3) is 5.34. The van der Waals surface area contributed by atoms with Crippen LogP contribution >= 0.6 is 23.8 Å². The van der Waals surface area contributed by atoms with Gasteiger partial charge in [0.2, 0.25) is 0 Å². The van der Waals surface area contributed by atoms with E-state index in [2.05, 4.69) is 27.7 Å². The zero-order chi connectivity index (χ0) is 19.2. The second kappa shape index (κ2) is 9.40. The van der Waals surface area contributed by atoms with Crippen LogP contribution in [0.1, 0.15) is 30.0 Å². The Kier molecular flexibility index (Phi) is 6.94. The van der Waals surface area contributed by atoms with Gasteiger partial charge in [-0.15, -0.1) is 0 Å². The van der Waals surface area contributed by atoms with Gasteiger partial charge in [-0.25, -0.2) is 0 Å². The van der Waals surface area contributed by atoms with Gasteiger partial charge in [-0.1, -0.05) is 29.8 Å². The summed E-state index contributed by atoms with van der Waals surface area (Å²) in [6.07, 6.45) is 2.49. The molecule has 0 bridgehead atoms. The molecule has 0 aliphatic carbocycles. The number of aryl methyl sites for hydroxylation is 1. The van der Waals surface area contributed by atoms with Crippen molar-refractivity contribution in [1.82, 2.24) is 10.2 Å². The summed E-state index contributed by atoms with van der Waals surface area (Å²) in [7, 11) is 1.69. The highest BCUT2D eigenvalue weighted by atomic mass is 35.5. The van der Waals surface area contributed by atoms with Gasteiger partial charge in [0, 0.05) is 17.3 Å². The number of nitrogens with one attached hydrogen (secondary N) is 2. The van der Waals surface area contributed by atoms with Crippen LogP contribution in [-0.4, -0.2) is 36.8 Å². The molecule has 1 atom stereocenters. The highest BCUT2D eigenvalue weighted by molar-refractivity contribution is 7.80. The summed E-state index contributed by atoms with van der Waals surface area (Å²) in [5.74, 6) is 0.875. The molecule has 3 rings (SSSR count). The quantitative estimate of drug-likeness (QED) is 0.679. The zero-order valence-corrected chi connectivity index (χ0v) is 17.4. The van der Waals surface area contributed by atoms with Crippen LogP contribution in [0.25, 0.3) is 0 Å². The van der Waals surface area contributed by atoms with Gasteiger partial charge in [0.05, 0.1) is 13.2 Å². The zero-order valence-electron chi connectivity index (χ0n) is 15.8. The SMILES string of the molecule is COc1ccc(C(CNC(=S)Nc2ccc(C)c(Cl)c2)N2CCCC2)cc1. The molecule has 2 N–H and O–H groups in total. The standard InChI is InChI=1S/C21H26ClN3OS/c1-15-5-8-17(13-19(15)22)24-21(27)23-14-20(25-11-3-4-12-25)16-6-9-18(26-2)10-7-16/h5-10,13,20H,3-4,11-12,14H2,1-2H3,(H2,23,24,27). The molecule has 144 valence electrons. The highest BCUT2D eigenvalue weighted by Crippen LogP contribution is 2.26. The van der Waals surface area contributed by atoms with Gasteiger partial charge in [-0.2, -0.15) is 0 Å². The summed E-state index contributed by atoms with van der Waals surface area (Å²) in [6, 6.07) is 14.5. The summed E-state index contributed by atoms with van der Waals surface area (Å²) >= 11 is 11.7. The van der Waals surface area contributed by atoms with E-state index in [-0.39, 0.29) is 6.04 Å². The fourth-order valence-corrected chi connectivity index (χ4v) is 3.75. The van der Waals surface area contributed by atoms with Gasteiger partial charge in [0.1, 0.15) is 5.75 Å². The normalized spacial score (nSPS) is 15.4. The molecule has 0 radical (unpaired) electrons. The molecule has 1 aliphatic rings. The lowest BCUT2D eigenvalue weighted by molar-refractivity contribution is 0.246. The van der Waals surface area contributed by atoms with Crippen LogP contribution in [0.3, 0.4) is 0 Å². The van der Waals surface area contributed by atoms with Crippen molar-refractivity contribution in [3.63, 3.8) is 0 Å². The Hall–Kier alpha value is -1.82. The summed E-state index contributed by atoms with van der Waals surface area (Å²) < 4.78 is 5.29. The van der Waals surface area contributed by atoms with E-state index >= 15 is 0 Å².